The summed E-state index contributed by atoms with van der Waals surface area (Å²) in [5, 5.41) is 11.8. The fraction of sp³-hybridized carbons (Fsp3) is 0.571. The number of hydrogen-bond donors (Lipinski definition) is 1. The average molecular weight is 290 g/mol. The molecule has 2 unspecified atom stereocenters. The molecule has 0 aliphatic carbocycles. The molecule has 0 saturated carbocycles. The SMILES string of the molecule is CCC(C)(C(O)Cc1cc(Cl)ccc1Cl)N(C)C. The lowest BCUT2D eigenvalue weighted by Crippen LogP contribution is -2.51. The highest BCUT2D eigenvalue weighted by molar-refractivity contribution is 6.33. The smallest absolute Gasteiger partial charge is 0.0761 e. The quantitative estimate of drug-likeness (QED) is 0.895. The number of aliphatic hydroxyl groups excluding tert-OH is 1. The van der Waals surface area contributed by atoms with Gasteiger partial charge in [0.05, 0.1) is 6.10 Å². The van der Waals surface area contributed by atoms with E-state index in [0.29, 0.717) is 16.5 Å². The fourth-order valence-electron chi connectivity index (χ4n) is 1.98. The van der Waals surface area contributed by atoms with Gasteiger partial charge in [0.2, 0.25) is 0 Å². The van der Waals surface area contributed by atoms with Gasteiger partial charge >= 0.3 is 0 Å². The number of rotatable bonds is 5. The van der Waals surface area contributed by atoms with Gasteiger partial charge in [-0.05, 0) is 51.2 Å². The van der Waals surface area contributed by atoms with Crippen molar-refractivity contribution in [1.82, 2.24) is 4.90 Å². The van der Waals surface area contributed by atoms with Gasteiger partial charge in [-0.15, -0.1) is 0 Å². The van der Waals surface area contributed by atoms with Crippen LogP contribution in [0.3, 0.4) is 0 Å². The van der Waals surface area contributed by atoms with Crippen LogP contribution in [0.25, 0.3) is 0 Å². The molecule has 0 aliphatic heterocycles. The van der Waals surface area contributed by atoms with E-state index >= 15 is 0 Å². The van der Waals surface area contributed by atoms with E-state index in [1.54, 1.807) is 12.1 Å². The van der Waals surface area contributed by atoms with E-state index < -0.39 is 6.10 Å². The molecule has 0 radical (unpaired) electrons. The van der Waals surface area contributed by atoms with Gasteiger partial charge in [0.25, 0.3) is 0 Å². The van der Waals surface area contributed by atoms with E-state index in [2.05, 4.69) is 18.7 Å². The van der Waals surface area contributed by atoms with Crippen LogP contribution in [0.4, 0.5) is 0 Å². The van der Waals surface area contributed by atoms with Crippen molar-refractivity contribution < 1.29 is 5.11 Å². The third-order valence-electron chi connectivity index (χ3n) is 3.88. The van der Waals surface area contributed by atoms with E-state index in [4.69, 9.17) is 23.2 Å². The molecule has 0 fully saturated rings. The maximum atomic E-state index is 10.5. The molecule has 0 aliphatic rings. The molecule has 1 aromatic rings. The van der Waals surface area contributed by atoms with Gasteiger partial charge in [0.1, 0.15) is 0 Å². The Hall–Kier alpha value is -0.280. The van der Waals surface area contributed by atoms with Crippen molar-refractivity contribution in [2.45, 2.75) is 38.3 Å². The second-order valence-corrected chi connectivity index (χ2v) is 5.90. The molecule has 0 spiro atoms. The molecule has 4 heteroatoms. The summed E-state index contributed by atoms with van der Waals surface area (Å²) in [6, 6.07) is 5.34. The third kappa shape index (κ3) is 3.39. The Bertz CT molecular complexity index is 409. The monoisotopic (exact) mass is 289 g/mol. The topological polar surface area (TPSA) is 23.5 Å². The summed E-state index contributed by atoms with van der Waals surface area (Å²) in [6.07, 6.45) is 0.870. The summed E-state index contributed by atoms with van der Waals surface area (Å²) in [5.41, 5.74) is 0.615. The first kappa shape index (κ1) is 15.8. The average Bonchev–Trinajstić information content (AvgIpc) is 2.32. The lowest BCUT2D eigenvalue weighted by Gasteiger charge is -2.40. The van der Waals surface area contributed by atoms with Crippen LogP contribution in [0, 0.1) is 0 Å². The Morgan fingerprint density at radius 1 is 1.33 bits per heavy atom. The molecule has 1 aromatic carbocycles. The molecule has 0 bridgehead atoms. The van der Waals surface area contributed by atoms with E-state index in [1.165, 1.54) is 0 Å². The molecule has 0 heterocycles. The Morgan fingerprint density at radius 2 is 1.94 bits per heavy atom. The lowest BCUT2D eigenvalue weighted by atomic mass is 9.86. The standard InChI is InChI=1S/C14H21Cl2NO/c1-5-14(2,17(3)4)13(18)9-10-8-11(15)6-7-12(10)16/h6-8,13,18H,5,9H2,1-4H3. The lowest BCUT2D eigenvalue weighted by molar-refractivity contribution is 0.00302. The second-order valence-electron chi connectivity index (χ2n) is 5.06. The molecule has 0 aromatic heterocycles. The number of aliphatic hydroxyl groups is 1. The maximum Gasteiger partial charge on any atom is 0.0761 e. The highest BCUT2D eigenvalue weighted by Crippen LogP contribution is 2.27. The molecule has 1 N–H and O–H groups in total. The van der Waals surface area contributed by atoms with Crippen molar-refractivity contribution in [2.75, 3.05) is 14.1 Å². The minimum Gasteiger partial charge on any atom is -0.391 e. The zero-order chi connectivity index (χ0) is 13.9. The van der Waals surface area contributed by atoms with E-state index in [-0.39, 0.29) is 5.54 Å². The molecule has 0 amide bonds. The van der Waals surface area contributed by atoms with Crippen LogP contribution in [0.1, 0.15) is 25.8 Å². The van der Waals surface area contributed by atoms with Crippen LogP contribution in [-0.4, -0.2) is 35.7 Å². The minimum absolute atomic E-state index is 0.272. The molecule has 2 atom stereocenters. The van der Waals surface area contributed by atoms with E-state index in [1.807, 2.05) is 20.2 Å². The van der Waals surface area contributed by atoms with Gasteiger partial charge in [0, 0.05) is 22.0 Å². The van der Waals surface area contributed by atoms with Crippen molar-refractivity contribution in [2.24, 2.45) is 0 Å². The second kappa shape index (κ2) is 6.25. The minimum atomic E-state index is -0.492. The summed E-state index contributed by atoms with van der Waals surface area (Å²) in [4.78, 5) is 2.05. The first-order valence-corrected chi connectivity index (χ1v) is 6.86. The van der Waals surface area contributed by atoms with Gasteiger partial charge in [0.15, 0.2) is 0 Å². The first-order valence-electron chi connectivity index (χ1n) is 6.10. The Morgan fingerprint density at radius 3 is 2.44 bits per heavy atom. The predicted molar refractivity (Wildman–Crippen MR) is 78.6 cm³/mol. The summed E-state index contributed by atoms with van der Waals surface area (Å²) in [5.74, 6) is 0. The van der Waals surface area contributed by atoms with Crippen LogP contribution in [-0.2, 0) is 6.42 Å². The van der Waals surface area contributed by atoms with Crippen molar-refractivity contribution >= 4 is 23.2 Å². The fourth-order valence-corrected chi connectivity index (χ4v) is 2.37. The van der Waals surface area contributed by atoms with Crippen molar-refractivity contribution in [3.63, 3.8) is 0 Å². The van der Waals surface area contributed by atoms with Crippen LogP contribution in [0.15, 0.2) is 18.2 Å². The molecular weight excluding hydrogens is 269 g/mol. The summed E-state index contributed by atoms with van der Waals surface area (Å²) < 4.78 is 0. The first-order chi connectivity index (χ1) is 8.31. The zero-order valence-electron chi connectivity index (χ0n) is 11.4. The Kier molecular flexibility index (Phi) is 5.47. The molecule has 0 saturated heterocycles. The van der Waals surface area contributed by atoms with E-state index in [0.717, 1.165) is 12.0 Å². The van der Waals surface area contributed by atoms with E-state index in [9.17, 15) is 5.11 Å². The molecule has 2 nitrogen and oxygen atoms in total. The number of hydrogen-bond acceptors (Lipinski definition) is 2. The summed E-state index contributed by atoms with van der Waals surface area (Å²) in [7, 11) is 3.96. The number of nitrogens with zero attached hydrogens (tertiary/aromatic N) is 1. The largest absolute Gasteiger partial charge is 0.391 e. The van der Waals surface area contributed by atoms with Gasteiger partial charge in [-0.2, -0.15) is 0 Å². The molecule has 102 valence electrons. The van der Waals surface area contributed by atoms with Crippen molar-refractivity contribution in [3.05, 3.63) is 33.8 Å². The van der Waals surface area contributed by atoms with Crippen LogP contribution in [0.2, 0.25) is 10.0 Å². The normalized spacial score (nSPS) is 16.7. The van der Waals surface area contributed by atoms with Crippen LogP contribution < -0.4 is 0 Å². The number of likely N-dealkylation sites (N-methyl/N-ethyl adjacent to an activating group) is 1. The molecular formula is C14H21Cl2NO. The number of benzene rings is 1. The molecule has 1 rings (SSSR count). The predicted octanol–water partition coefficient (Wildman–Crippen LogP) is 3.63. The van der Waals surface area contributed by atoms with Crippen molar-refractivity contribution in [3.8, 4) is 0 Å². The summed E-state index contributed by atoms with van der Waals surface area (Å²) in [6.45, 7) is 4.12. The van der Waals surface area contributed by atoms with Crippen LogP contribution in [0.5, 0.6) is 0 Å². The highest BCUT2D eigenvalue weighted by Gasteiger charge is 2.33. The molecule has 18 heavy (non-hydrogen) atoms. The maximum absolute atomic E-state index is 10.5. The Balaban J connectivity index is 2.93. The van der Waals surface area contributed by atoms with Crippen LogP contribution >= 0.6 is 23.2 Å². The summed E-state index contributed by atoms with van der Waals surface area (Å²) >= 11 is 12.1. The van der Waals surface area contributed by atoms with Crippen molar-refractivity contribution in [1.29, 1.82) is 0 Å². The third-order valence-corrected chi connectivity index (χ3v) is 4.48. The number of halogens is 2. The van der Waals surface area contributed by atoms with Gasteiger partial charge in [-0.1, -0.05) is 30.1 Å². The Labute approximate surface area is 120 Å². The van der Waals surface area contributed by atoms with Gasteiger partial charge < -0.3 is 10.0 Å². The van der Waals surface area contributed by atoms with Gasteiger partial charge in [-0.3, -0.25) is 0 Å². The van der Waals surface area contributed by atoms with Gasteiger partial charge in [-0.25, -0.2) is 0 Å². The zero-order valence-corrected chi connectivity index (χ0v) is 12.9. The highest BCUT2D eigenvalue weighted by atomic mass is 35.5.